The zero-order valence-corrected chi connectivity index (χ0v) is 13.3. The van der Waals surface area contributed by atoms with Gasteiger partial charge in [0.05, 0.1) is 5.02 Å². The van der Waals surface area contributed by atoms with E-state index >= 15 is 0 Å². The van der Waals surface area contributed by atoms with Crippen LogP contribution in [-0.4, -0.2) is 6.54 Å². The third kappa shape index (κ3) is 2.65. The number of aryl methyl sites for hydroxylation is 1. The van der Waals surface area contributed by atoms with Gasteiger partial charge in [0.1, 0.15) is 0 Å². The van der Waals surface area contributed by atoms with E-state index in [9.17, 15) is 0 Å². The van der Waals surface area contributed by atoms with E-state index in [1.54, 1.807) is 11.3 Å². The molecule has 1 aliphatic carbocycles. The van der Waals surface area contributed by atoms with Crippen LogP contribution in [0.25, 0.3) is 0 Å². The normalized spacial score (nSPS) is 19.0. The van der Waals surface area contributed by atoms with Gasteiger partial charge in [0.25, 0.3) is 0 Å². The molecule has 20 heavy (non-hydrogen) atoms. The van der Waals surface area contributed by atoms with Crippen molar-refractivity contribution in [3.05, 3.63) is 56.7 Å². The van der Waals surface area contributed by atoms with Gasteiger partial charge in [-0.05, 0) is 48.4 Å². The zero-order chi connectivity index (χ0) is 13.9. The Morgan fingerprint density at radius 1 is 1.35 bits per heavy atom. The molecule has 0 amide bonds. The molecule has 3 rings (SSSR count). The molecule has 3 heteroatoms. The molecule has 1 N–H and O–H groups in total. The summed E-state index contributed by atoms with van der Waals surface area (Å²) in [4.78, 5) is 1.29. The number of benzene rings is 1. The fraction of sp³-hybridized carbons (Fsp3) is 0.412. The van der Waals surface area contributed by atoms with Crippen LogP contribution in [0.15, 0.2) is 35.7 Å². The predicted octanol–water partition coefficient (Wildman–Crippen LogP) is 5.17. The highest BCUT2D eigenvalue weighted by molar-refractivity contribution is 7.10. The lowest BCUT2D eigenvalue weighted by Gasteiger charge is -2.25. The van der Waals surface area contributed by atoms with Gasteiger partial charge >= 0.3 is 0 Å². The van der Waals surface area contributed by atoms with Crippen LogP contribution in [0.2, 0.25) is 5.02 Å². The highest BCUT2D eigenvalue weighted by Crippen LogP contribution is 2.44. The Kier molecular flexibility index (Phi) is 4.45. The minimum atomic E-state index is 0.353. The van der Waals surface area contributed by atoms with Crippen LogP contribution in [0.1, 0.15) is 47.7 Å². The van der Waals surface area contributed by atoms with E-state index in [1.807, 2.05) is 6.07 Å². The van der Waals surface area contributed by atoms with Gasteiger partial charge in [-0.2, -0.15) is 0 Å². The largest absolute Gasteiger partial charge is 0.309 e. The van der Waals surface area contributed by atoms with Gasteiger partial charge in [0, 0.05) is 16.8 Å². The second-order valence-corrected chi connectivity index (χ2v) is 6.76. The van der Waals surface area contributed by atoms with Crippen LogP contribution < -0.4 is 5.32 Å². The van der Waals surface area contributed by atoms with Crippen LogP contribution in [0.4, 0.5) is 0 Å². The van der Waals surface area contributed by atoms with Crippen molar-refractivity contribution < 1.29 is 0 Å². The molecule has 0 bridgehead atoms. The summed E-state index contributed by atoms with van der Waals surface area (Å²) in [5.41, 5.74) is 3.01. The lowest BCUT2D eigenvalue weighted by atomic mass is 9.92. The maximum absolute atomic E-state index is 6.39. The van der Waals surface area contributed by atoms with E-state index < -0.39 is 0 Å². The van der Waals surface area contributed by atoms with Crippen molar-refractivity contribution in [2.24, 2.45) is 0 Å². The summed E-state index contributed by atoms with van der Waals surface area (Å²) < 4.78 is 0. The topological polar surface area (TPSA) is 12.0 Å². The first-order chi connectivity index (χ1) is 9.81. The number of halogens is 1. The molecule has 2 aromatic rings. The lowest BCUT2D eigenvalue weighted by Crippen LogP contribution is -2.26. The second kappa shape index (κ2) is 6.30. The molecule has 0 saturated heterocycles. The molecular formula is C17H20ClNS. The van der Waals surface area contributed by atoms with Crippen LogP contribution in [0.3, 0.4) is 0 Å². The smallest absolute Gasteiger partial charge is 0.0561 e. The molecule has 1 aromatic carbocycles. The Hall–Kier alpha value is -0.830. The second-order valence-electron chi connectivity index (χ2n) is 5.41. The Balaban J connectivity index is 1.93. The molecule has 0 radical (unpaired) electrons. The SMILES string of the molecule is CCCNC(c1sccc1Cl)C1CCc2ccccc21. The first-order valence-electron chi connectivity index (χ1n) is 7.35. The van der Waals surface area contributed by atoms with Gasteiger partial charge in [0.15, 0.2) is 0 Å². The van der Waals surface area contributed by atoms with Crippen LogP contribution in [0, 0.1) is 0 Å². The average molecular weight is 306 g/mol. The summed E-state index contributed by atoms with van der Waals surface area (Å²) in [6.07, 6.45) is 3.55. The van der Waals surface area contributed by atoms with E-state index in [4.69, 9.17) is 11.6 Å². The number of hydrogen-bond donors (Lipinski definition) is 1. The Labute approximate surface area is 130 Å². The third-order valence-electron chi connectivity index (χ3n) is 4.12. The summed E-state index contributed by atoms with van der Waals surface area (Å²) in [6.45, 7) is 3.25. The maximum Gasteiger partial charge on any atom is 0.0561 e. The summed E-state index contributed by atoms with van der Waals surface area (Å²) in [7, 11) is 0. The average Bonchev–Trinajstić information content (AvgIpc) is 3.07. The third-order valence-corrected chi connectivity index (χ3v) is 5.56. The van der Waals surface area contributed by atoms with E-state index in [0.717, 1.165) is 18.0 Å². The highest BCUT2D eigenvalue weighted by Gasteiger charge is 2.31. The summed E-state index contributed by atoms with van der Waals surface area (Å²) >= 11 is 8.16. The Bertz CT molecular complexity index is 578. The summed E-state index contributed by atoms with van der Waals surface area (Å²) in [5.74, 6) is 0.550. The van der Waals surface area contributed by atoms with Crippen molar-refractivity contribution >= 4 is 22.9 Å². The molecule has 2 atom stereocenters. The van der Waals surface area contributed by atoms with Crippen molar-refractivity contribution in [1.82, 2.24) is 5.32 Å². The molecule has 0 spiro atoms. The maximum atomic E-state index is 6.39. The van der Waals surface area contributed by atoms with Crippen molar-refractivity contribution in [3.8, 4) is 0 Å². The zero-order valence-electron chi connectivity index (χ0n) is 11.7. The van der Waals surface area contributed by atoms with E-state index in [0.29, 0.717) is 12.0 Å². The van der Waals surface area contributed by atoms with E-state index in [-0.39, 0.29) is 0 Å². The molecular weight excluding hydrogens is 286 g/mol. The number of rotatable bonds is 5. The van der Waals surface area contributed by atoms with Crippen LogP contribution >= 0.6 is 22.9 Å². The van der Waals surface area contributed by atoms with E-state index in [1.165, 1.54) is 28.8 Å². The van der Waals surface area contributed by atoms with Crippen molar-refractivity contribution in [2.45, 2.75) is 38.1 Å². The first-order valence-corrected chi connectivity index (χ1v) is 8.61. The standard InChI is InChI=1S/C17H20ClNS/c1-2-10-19-16(17-15(18)9-11-20-17)14-8-7-12-5-3-4-6-13(12)14/h3-6,9,11,14,16,19H,2,7-8,10H2,1H3. The quantitative estimate of drug-likeness (QED) is 0.803. The fourth-order valence-corrected chi connectivity index (χ4v) is 4.50. The minimum absolute atomic E-state index is 0.353. The number of nitrogens with one attached hydrogen (secondary N) is 1. The first kappa shape index (κ1) is 14.1. The van der Waals surface area contributed by atoms with Crippen molar-refractivity contribution in [2.75, 3.05) is 6.54 Å². The lowest BCUT2D eigenvalue weighted by molar-refractivity contribution is 0.449. The molecule has 1 heterocycles. The monoisotopic (exact) mass is 305 g/mol. The van der Waals surface area contributed by atoms with Gasteiger partial charge in [-0.25, -0.2) is 0 Å². The molecule has 1 aromatic heterocycles. The minimum Gasteiger partial charge on any atom is -0.309 e. The number of hydrogen-bond acceptors (Lipinski definition) is 2. The fourth-order valence-electron chi connectivity index (χ4n) is 3.18. The van der Waals surface area contributed by atoms with Crippen LogP contribution in [-0.2, 0) is 6.42 Å². The van der Waals surface area contributed by atoms with Gasteiger partial charge < -0.3 is 5.32 Å². The summed E-state index contributed by atoms with van der Waals surface area (Å²) in [6, 6.07) is 11.2. The number of fused-ring (bicyclic) bond motifs is 1. The molecule has 1 aliphatic rings. The van der Waals surface area contributed by atoms with Crippen molar-refractivity contribution in [3.63, 3.8) is 0 Å². The molecule has 1 nitrogen and oxygen atoms in total. The van der Waals surface area contributed by atoms with Gasteiger partial charge in [-0.1, -0.05) is 42.8 Å². The Morgan fingerprint density at radius 2 is 2.20 bits per heavy atom. The molecule has 106 valence electrons. The highest BCUT2D eigenvalue weighted by atomic mass is 35.5. The van der Waals surface area contributed by atoms with Gasteiger partial charge in [-0.3, -0.25) is 0 Å². The van der Waals surface area contributed by atoms with Crippen LogP contribution in [0.5, 0.6) is 0 Å². The molecule has 0 fully saturated rings. The number of thiophene rings is 1. The molecule has 0 aliphatic heterocycles. The summed E-state index contributed by atoms with van der Waals surface area (Å²) in [5, 5.41) is 6.73. The molecule has 0 saturated carbocycles. The van der Waals surface area contributed by atoms with Gasteiger partial charge in [-0.15, -0.1) is 11.3 Å². The predicted molar refractivity (Wildman–Crippen MR) is 87.9 cm³/mol. The Morgan fingerprint density at radius 3 is 2.95 bits per heavy atom. The van der Waals surface area contributed by atoms with E-state index in [2.05, 4.69) is 41.9 Å². The van der Waals surface area contributed by atoms with Crippen molar-refractivity contribution in [1.29, 1.82) is 0 Å². The van der Waals surface area contributed by atoms with Gasteiger partial charge in [0.2, 0.25) is 0 Å². The molecule has 2 unspecified atom stereocenters.